The first kappa shape index (κ1) is 20.2. The molecule has 0 saturated heterocycles. The number of methoxy groups -OCH3 is 1. The minimum atomic E-state index is -0.857. The summed E-state index contributed by atoms with van der Waals surface area (Å²) >= 11 is 0. The Morgan fingerprint density at radius 1 is 1.10 bits per heavy atom. The van der Waals surface area contributed by atoms with Crippen LogP contribution in [-0.2, 0) is 4.79 Å². The lowest BCUT2D eigenvalue weighted by Crippen LogP contribution is -2.12. The molecule has 1 aromatic heterocycles. The lowest BCUT2D eigenvalue weighted by molar-refractivity contribution is -0.137. The van der Waals surface area contributed by atoms with Gasteiger partial charge in [-0.25, -0.2) is 0 Å². The molecular weight excluding hydrogens is 368 g/mol. The first-order valence-corrected chi connectivity index (χ1v) is 9.29. The molecule has 0 aliphatic rings. The normalized spacial score (nSPS) is 11.8. The van der Waals surface area contributed by atoms with Gasteiger partial charge in [0.25, 0.3) is 0 Å². The van der Waals surface area contributed by atoms with Crippen LogP contribution in [0.15, 0.2) is 54.7 Å². The number of hydrogen-bond donors (Lipinski definition) is 2. The number of benzene rings is 2. The number of nitrogens with zero attached hydrogens (tertiary/aromatic N) is 1. The van der Waals surface area contributed by atoms with Crippen LogP contribution >= 0.6 is 0 Å². The van der Waals surface area contributed by atoms with Gasteiger partial charge < -0.3 is 20.1 Å². The zero-order chi connectivity index (χ0) is 21.1. The topological polar surface area (TPSA) is 94.6 Å². The van der Waals surface area contributed by atoms with Gasteiger partial charge >= 0.3 is 5.97 Å². The van der Waals surface area contributed by atoms with Crippen LogP contribution in [0.5, 0.6) is 5.75 Å². The van der Waals surface area contributed by atoms with Crippen molar-refractivity contribution in [2.24, 2.45) is 5.73 Å². The second kappa shape index (κ2) is 8.22. The van der Waals surface area contributed by atoms with Crippen molar-refractivity contribution in [3.63, 3.8) is 0 Å². The van der Waals surface area contributed by atoms with Crippen LogP contribution in [0.3, 0.4) is 0 Å². The maximum Gasteiger partial charge on any atom is 0.305 e. The van der Waals surface area contributed by atoms with Crippen molar-refractivity contribution in [3.8, 4) is 28.1 Å². The Hall–Kier alpha value is -3.54. The van der Waals surface area contributed by atoms with Crippen LogP contribution < -0.4 is 10.5 Å². The number of aromatic nitrogens is 1. The highest BCUT2D eigenvalue weighted by atomic mass is 16.5. The number of amides is 1. The number of rotatable bonds is 7. The van der Waals surface area contributed by atoms with E-state index in [9.17, 15) is 14.7 Å². The molecule has 29 heavy (non-hydrogen) atoms. The van der Waals surface area contributed by atoms with Gasteiger partial charge in [-0.1, -0.05) is 18.2 Å². The molecule has 0 fully saturated rings. The number of carbonyl (C=O) groups is 2. The molecule has 0 saturated carbocycles. The first-order valence-electron chi connectivity index (χ1n) is 9.29. The molecule has 6 nitrogen and oxygen atoms in total. The van der Waals surface area contributed by atoms with E-state index in [1.54, 1.807) is 19.2 Å². The number of ether oxygens (including phenoxy) is 1. The van der Waals surface area contributed by atoms with Crippen molar-refractivity contribution in [3.05, 3.63) is 65.9 Å². The second-order valence-corrected chi connectivity index (χ2v) is 7.05. The van der Waals surface area contributed by atoms with Crippen molar-refractivity contribution >= 4 is 11.9 Å². The number of carboxylic acid groups (broad SMARTS) is 1. The molecule has 1 heterocycles. The number of hydrogen-bond acceptors (Lipinski definition) is 3. The number of carbonyl (C=O) groups excluding carboxylic acids is 1. The molecule has 0 aliphatic carbocycles. The summed E-state index contributed by atoms with van der Waals surface area (Å²) < 4.78 is 7.22. The van der Waals surface area contributed by atoms with Crippen LogP contribution in [0.4, 0.5) is 0 Å². The smallest absolute Gasteiger partial charge is 0.305 e. The maximum atomic E-state index is 11.5. The van der Waals surface area contributed by atoms with E-state index in [1.807, 2.05) is 61.0 Å². The van der Waals surface area contributed by atoms with E-state index >= 15 is 0 Å². The summed E-state index contributed by atoms with van der Waals surface area (Å²) in [5.74, 6) is -0.579. The van der Waals surface area contributed by atoms with Crippen LogP contribution in [0.25, 0.3) is 22.4 Å². The van der Waals surface area contributed by atoms with Crippen molar-refractivity contribution in [2.45, 2.75) is 26.3 Å². The maximum absolute atomic E-state index is 11.5. The predicted molar refractivity (Wildman–Crippen MR) is 112 cm³/mol. The molecule has 3 aromatic rings. The quantitative estimate of drug-likeness (QED) is 0.628. The van der Waals surface area contributed by atoms with Crippen LogP contribution in [0.1, 0.15) is 35.3 Å². The molecule has 0 aliphatic heterocycles. The third kappa shape index (κ3) is 4.16. The van der Waals surface area contributed by atoms with E-state index in [0.29, 0.717) is 5.56 Å². The van der Waals surface area contributed by atoms with E-state index < -0.39 is 11.9 Å². The number of aryl methyl sites for hydroxylation is 1. The molecule has 6 heteroatoms. The second-order valence-electron chi connectivity index (χ2n) is 7.05. The lowest BCUT2D eigenvalue weighted by Gasteiger charge is -2.19. The summed E-state index contributed by atoms with van der Waals surface area (Å²) in [4.78, 5) is 22.8. The minimum absolute atomic E-state index is 0.00213. The molecular formula is C23H24N2O4. The standard InChI is InChI=1S/C23H24N2O4/c1-14-12-17(23(24)28)6-9-19(14)22-20(16-4-7-18(29-3)8-5-16)10-11-25(22)15(2)13-21(26)27/h4-12,15H,13H2,1-3H3,(H2,24,28)(H,26,27). The summed E-state index contributed by atoms with van der Waals surface area (Å²) in [7, 11) is 1.62. The average Bonchev–Trinajstić information content (AvgIpc) is 3.12. The van der Waals surface area contributed by atoms with Gasteiger partial charge in [0.05, 0.1) is 19.2 Å². The van der Waals surface area contributed by atoms with E-state index in [0.717, 1.165) is 33.7 Å². The Morgan fingerprint density at radius 2 is 1.79 bits per heavy atom. The summed E-state index contributed by atoms with van der Waals surface area (Å²) in [6, 6.07) is 14.8. The molecule has 150 valence electrons. The number of primary amides is 1. The lowest BCUT2D eigenvalue weighted by atomic mass is 9.96. The van der Waals surface area contributed by atoms with Gasteiger partial charge in [0.2, 0.25) is 5.91 Å². The molecule has 0 bridgehead atoms. The predicted octanol–water partition coefficient (Wildman–Crippen LogP) is 4.27. The van der Waals surface area contributed by atoms with E-state index in [4.69, 9.17) is 10.5 Å². The van der Waals surface area contributed by atoms with Crippen LogP contribution in [-0.4, -0.2) is 28.7 Å². The highest BCUT2D eigenvalue weighted by Gasteiger charge is 2.20. The summed E-state index contributed by atoms with van der Waals surface area (Å²) in [6.07, 6.45) is 1.91. The summed E-state index contributed by atoms with van der Waals surface area (Å²) in [5.41, 5.74) is 10.5. The minimum Gasteiger partial charge on any atom is -0.497 e. The highest BCUT2D eigenvalue weighted by molar-refractivity contribution is 5.94. The van der Waals surface area contributed by atoms with Gasteiger partial charge in [-0.05, 0) is 55.3 Å². The van der Waals surface area contributed by atoms with Gasteiger partial charge in [-0.15, -0.1) is 0 Å². The Kier molecular flexibility index (Phi) is 5.73. The van der Waals surface area contributed by atoms with Gasteiger partial charge in [0, 0.05) is 28.9 Å². The highest BCUT2D eigenvalue weighted by Crippen LogP contribution is 2.38. The average molecular weight is 392 g/mol. The Labute approximate surface area is 169 Å². The summed E-state index contributed by atoms with van der Waals surface area (Å²) in [6.45, 7) is 3.79. The van der Waals surface area contributed by atoms with E-state index in [-0.39, 0.29) is 12.5 Å². The Balaban J connectivity index is 2.19. The van der Waals surface area contributed by atoms with E-state index in [1.165, 1.54) is 0 Å². The number of carboxylic acids is 1. The van der Waals surface area contributed by atoms with Gasteiger partial charge in [0.15, 0.2) is 0 Å². The van der Waals surface area contributed by atoms with Gasteiger partial charge in [0.1, 0.15) is 5.75 Å². The fourth-order valence-corrected chi connectivity index (χ4v) is 3.54. The fraction of sp³-hybridized carbons (Fsp3) is 0.217. The molecule has 1 atom stereocenters. The third-order valence-electron chi connectivity index (χ3n) is 5.03. The molecule has 1 amide bonds. The SMILES string of the molecule is COc1ccc(-c2ccn(C(C)CC(=O)O)c2-c2ccc(C(N)=O)cc2C)cc1. The van der Waals surface area contributed by atoms with E-state index in [2.05, 4.69) is 0 Å². The molecule has 0 radical (unpaired) electrons. The number of aliphatic carboxylic acids is 1. The monoisotopic (exact) mass is 392 g/mol. The van der Waals surface area contributed by atoms with Crippen molar-refractivity contribution < 1.29 is 19.4 Å². The largest absolute Gasteiger partial charge is 0.497 e. The zero-order valence-corrected chi connectivity index (χ0v) is 16.7. The third-order valence-corrected chi connectivity index (χ3v) is 5.03. The summed E-state index contributed by atoms with van der Waals surface area (Å²) in [5, 5.41) is 9.26. The molecule has 1 unspecified atom stereocenters. The molecule has 3 N–H and O–H groups in total. The van der Waals surface area contributed by atoms with Gasteiger partial charge in [-0.2, -0.15) is 0 Å². The Morgan fingerprint density at radius 3 is 2.34 bits per heavy atom. The Bertz CT molecular complexity index is 1050. The number of nitrogens with two attached hydrogens (primary N) is 1. The van der Waals surface area contributed by atoms with Crippen LogP contribution in [0.2, 0.25) is 0 Å². The first-order chi connectivity index (χ1) is 13.8. The molecule has 2 aromatic carbocycles. The zero-order valence-electron chi connectivity index (χ0n) is 16.7. The van der Waals surface area contributed by atoms with Gasteiger partial charge in [-0.3, -0.25) is 9.59 Å². The van der Waals surface area contributed by atoms with Crippen molar-refractivity contribution in [1.29, 1.82) is 0 Å². The fourth-order valence-electron chi connectivity index (χ4n) is 3.54. The van der Waals surface area contributed by atoms with Crippen molar-refractivity contribution in [1.82, 2.24) is 4.57 Å². The molecule has 3 rings (SSSR count). The van der Waals surface area contributed by atoms with Crippen molar-refractivity contribution in [2.75, 3.05) is 7.11 Å². The molecule has 0 spiro atoms. The van der Waals surface area contributed by atoms with Crippen LogP contribution in [0, 0.1) is 6.92 Å².